The molecule has 2 unspecified atom stereocenters. The number of rotatable bonds is 8. The number of nitrogens with zero attached hydrogens (tertiary/aromatic N) is 1. The Morgan fingerprint density at radius 1 is 0.438 bits per heavy atom. The maximum atomic E-state index is 4.16. The first-order valence-electron chi connectivity index (χ1n) is 22.9. The van der Waals surface area contributed by atoms with E-state index < -0.39 is 0 Å². The second-order valence-corrected chi connectivity index (χ2v) is 19.9. The molecule has 2 nitrogen and oxygen atoms in total. The van der Waals surface area contributed by atoms with E-state index in [9.17, 15) is 0 Å². The first kappa shape index (κ1) is 41.1. The molecule has 0 saturated carbocycles. The number of hydrogen-bond acceptors (Lipinski definition) is 2. The van der Waals surface area contributed by atoms with Crippen LogP contribution in [0, 0.1) is 13.8 Å². The fourth-order valence-corrected chi connectivity index (χ4v) is 10.3. The summed E-state index contributed by atoms with van der Waals surface area (Å²) in [5.41, 5.74) is 16.1. The quantitative estimate of drug-likeness (QED) is 0.154. The van der Waals surface area contributed by atoms with E-state index in [1.54, 1.807) is 0 Å². The summed E-state index contributed by atoms with van der Waals surface area (Å²) in [7, 11) is 0. The summed E-state index contributed by atoms with van der Waals surface area (Å²) in [6.07, 6.45) is 9.19. The maximum Gasteiger partial charge on any atom is 0.0551 e. The first-order valence-corrected chi connectivity index (χ1v) is 22.9. The minimum Gasteiger partial charge on any atom is -0.377 e. The molecule has 1 N–H and O–H groups in total. The molecule has 0 fully saturated rings. The lowest BCUT2D eigenvalue weighted by Crippen LogP contribution is -2.28. The first-order chi connectivity index (χ1) is 30.8. The van der Waals surface area contributed by atoms with Gasteiger partial charge in [-0.15, -0.1) is 0 Å². The van der Waals surface area contributed by atoms with Gasteiger partial charge in [0.25, 0.3) is 0 Å². The summed E-state index contributed by atoms with van der Waals surface area (Å²) in [5, 5.41) is 11.9. The number of allylic oxidation sites excluding steroid dienone is 2. The van der Waals surface area contributed by atoms with Crippen molar-refractivity contribution in [2.24, 2.45) is 0 Å². The van der Waals surface area contributed by atoms with Gasteiger partial charge in [0.2, 0.25) is 0 Å². The highest BCUT2D eigenvalue weighted by atomic mass is 15.1. The Labute approximate surface area is 380 Å². The molecule has 2 atom stereocenters. The van der Waals surface area contributed by atoms with Gasteiger partial charge >= 0.3 is 0 Å². The summed E-state index contributed by atoms with van der Waals surface area (Å²) in [6.45, 7) is 18.6. The van der Waals surface area contributed by atoms with Crippen LogP contribution < -0.4 is 10.2 Å². The van der Waals surface area contributed by atoms with Crippen LogP contribution in [0.2, 0.25) is 0 Å². The van der Waals surface area contributed by atoms with Gasteiger partial charge in [-0.3, -0.25) is 0 Å². The van der Waals surface area contributed by atoms with E-state index in [0.717, 1.165) is 5.69 Å². The van der Waals surface area contributed by atoms with E-state index in [4.69, 9.17) is 0 Å². The van der Waals surface area contributed by atoms with Crippen molar-refractivity contribution in [2.45, 2.75) is 78.2 Å². The molecule has 316 valence electrons. The summed E-state index contributed by atoms with van der Waals surface area (Å²) in [4.78, 5) is 2.53. The summed E-state index contributed by atoms with van der Waals surface area (Å²) < 4.78 is 0. The Morgan fingerprint density at radius 3 is 1.58 bits per heavy atom. The van der Waals surface area contributed by atoms with Gasteiger partial charge in [0.15, 0.2) is 0 Å². The van der Waals surface area contributed by atoms with E-state index in [1.165, 1.54) is 99.5 Å². The minimum atomic E-state index is -0.106. The fraction of sp³-hybridized carbons (Fsp3) is 0.194. The van der Waals surface area contributed by atoms with Crippen molar-refractivity contribution in [3.05, 3.63) is 216 Å². The highest BCUT2D eigenvalue weighted by Crippen LogP contribution is 2.50. The Balaban J connectivity index is 1.16. The second-order valence-electron chi connectivity index (χ2n) is 19.9. The van der Waals surface area contributed by atoms with E-state index in [1.807, 2.05) is 0 Å². The average Bonchev–Trinajstić information content (AvgIpc) is 3.30. The summed E-state index contributed by atoms with van der Waals surface area (Å²) >= 11 is 0. The molecule has 9 aromatic rings. The van der Waals surface area contributed by atoms with Crippen LogP contribution >= 0.6 is 0 Å². The van der Waals surface area contributed by atoms with Crippen LogP contribution in [0.4, 0.5) is 22.7 Å². The summed E-state index contributed by atoms with van der Waals surface area (Å²) in [5.74, 6) is 0.138. The molecule has 0 radical (unpaired) electrons. The zero-order chi connectivity index (χ0) is 44.3. The molecule has 64 heavy (non-hydrogen) atoms. The van der Waals surface area contributed by atoms with E-state index >= 15 is 0 Å². The second kappa shape index (κ2) is 16.0. The number of aryl methyl sites for hydroxylation is 2. The van der Waals surface area contributed by atoms with E-state index in [0.29, 0.717) is 0 Å². The van der Waals surface area contributed by atoms with Crippen molar-refractivity contribution < 1.29 is 0 Å². The van der Waals surface area contributed by atoms with Crippen LogP contribution in [-0.2, 0) is 10.8 Å². The lowest BCUT2D eigenvalue weighted by Gasteiger charge is -2.34. The Morgan fingerprint density at radius 2 is 0.953 bits per heavy atom. The molecule has 1 aliphatic carbocycles. The van der Waals surface area contributed by atoms with Crippen molar-refractivity contribution >= 4 is 55.1 Å². The van der Waals surface area contributed by atoms with Gasteiger partial charge in [-0.2, -0.15) is 0 Å². The Kier molecular flexibility index (Phi) is 10.3. The zero-order valence-corrected chi connectivity index (χ0v) is 38.5. The van der Waals surface area contributed by atoms with Gasteiger partial charge in [0.05, 0.1) is 17.4 Å². The molecule has 0 amide bonds. The van der Waals surface area contributed by atoms with Crippen LogP contribution in [0.15, 0.2) is 188 Å². The smallest absolute Gasteiger partial charge is 0.0551 e. The zero-order valence-electron chi connectivity index (χ0n) is 38.5. The topological polar surface area (TPSA) is 15.3 Å². The highest BCUT2D eigenvalue weighted by molar-refractivity contribution is 6.29. The molecule has 9 aromatic carbocycles. The van der Waals surface area contributed by atoms with Crippen molar-refractivity contribution in [1.29, 1.82) is 0 Å². The SMILES string of the molecule is Cc1cc(NC2C=CC=CC2c2cc(-c3ccccc3)ccc2C(C)(C)C)c2ccc3c(C)cc(N(c4ccccc4)c4cc(-c5ccccc5)ccc4C(C)(C)C)c4ccc1c2c34. The third-order valence-electron chi connectivity index (χ3n) is 13.5. The van der Waals surface area contributed by atoms with Crippen LogP contribution in [-0.4, -0.2) is 6.04 Å². The standard InChI is InChI=1S/C62H58N2/c1-40-36-56(63-55-27-19-18-26-49(55)52-38-44(42-20-12-9-13-21-42)28-34-53(52)61(3,4)5)50-32-30-48-41(2)37-57(51-33-31-47(40)59(50)60(48)51)64(46-24-16-11-17-25-46)58-39-45(43-22-14-10-15-23-43)29-35-54(58)62(6,7)8/h9-39,49,55,63H,1-8H3. The molecule has 0 bridgehead atoms. The fourth-order valence-electron chi connectivity index (χ4n) is 10.3. The lowest BCUT2D eigenvalue weighted by atomic mass is 9.76. The third-order valence-corrected chi connectivity index (χ3v) is 13.5. The van der Waals surface area contributed by atoms with Gasteiger partial charge < -0.3 is 10.2 Å². The molecule has 2 heteroatoms. The largest absolute Gasteiger partial charge is 0.377 e. The molecule has 10 rings (SSSR count). The average molecular weight is 831 g/mol. The van der Waals surface area contributed by atoms with E-state index in [2.05, 4.69) is 254 Å². The van der Waals surface area contributed by atoms with Crippen molar-refractivity contribution in [1.82, 2.24) is 0 Å². The van der Waals surface area contributed by atoms with Gasteiger partial charge in [0, 0.05) is 28.1 Å². The Hall–Kier alpha value is -6.90. The van der Waals surface area contributed by atoms with Crippen molar-refractivity contribution in [2.75, 3.05) is 10.2 Å². The lowest BCUT2D eigenvalue weighted by molar-refractivity contribution is 0.574. The number of para-hydroxylation sites is 1. The van der Waals surface area contributed by atoms with Crippen LogP contribution in [0.25, 0.3) is 54.6 Å². The minimum absolute atomic E-state index is 0.0204. The molecule has 1 aliphatic rings. The molecule has 0 heterocycles. The molecule has 0 aliphatic heterocycles. The van der Waals surface area contributed by atoms with Gasteiger partial charge in [-0.1, -0.05) is 199 Å². The monoisotopic (exact) mass is 830 g/mol. The Bertz CT molecular complexity index is 3220. The third kappa shape index (κ3) is 7.35. The predicted octanol–water partition coefficient (Wildman–Crippen LogP) is 17.3. The molecule has 0 spiro atoms. The van der Waals surface area contributed by atoms with Gasteiger partial charge in [-0.05, 0) is 127 Å². The van der Waals surface area contributed by atoms with Crippen molar-refractivity contribution in [3.8, 4) is 22.3 Å². The molecular formula is C62H58N2. The van der Waals surface area contributed by atoms with Gasteiger partial charge in [0.1, 0.15) is 0 Å². The molecular weight excluding hydrogens is 773 g/mol. The van der Waals surface area contributed by atoms with Crippen LogP contribution in [0.3, 0.4) is 0 Å². The molecule has 0 saturated heterocycles. The van der Waals surface area contributed by atoms with E-state index in [-0.39, 0.29) is 22.8 Å². The number of nitrogens with one attached hydrogen (secondary N) is 1. The number of benzene rings is 9. The summed E-state index contributed by atoms with van der Waals surface area (Å²) in [6, 6.07) is 61.0. The normalized spacial score (nSPS) is 15.4. The highest BCUT2D eigenvalue weighted by Gasteiger charge is 2.30. The van der Waals surface area contributed by atoms with Crippen molar-refractivity contribution in [3.63, 3.8) is 0 Å². The van der Waals surface area contributed by atoms with Gasteiger partial charge in [-0.25, -0.2) is 0 Å². The molecule has 0 aromatic heterocycles. The van der Waals surface area contributed by atoms with Crippen LogP contribution in [0.5, 0.6) is 0 Å². The maximum absolute atomic E-state index is 4.16. The number of anilines is 4. The van der Waals surface area contributed by atoms with Crippen LogP contribution in [0.1, 0.15) is 75.3 Å². The number of hydrogen-bond donors (Lipinski definition) is 1. The predicted molar refractivity (Wildman–Crippen MR) is 277 cm³/mol.